The van der Waals surface area contributed by atoms with Gasteiger partial charge in [-0.1, -0.05) is 22.0 Å². The number of amides is 1. The van der Waals surface area contributed by atoms with Gasteiger partial charge in [0.15, 0.2) is 0 Å². The molecule has 3 rings (SSSR count). The van der Waals surface area contributed by atoms with Crippen LogP contribution in [0.3, 0.4) is 0 Å². The van der Waals surface area contributed by atoms with Crippen molar-refractivity contribution >= 4 is 48.9 Å². The first-order chi connectivity index (χ1) is 9.61. The molecule has 4 nitrogen and oxygen atoms in total. The highest BCUT2D eigenvalue weighted by Gasteiger charge is 2.34. The Labute approximate surface area is 129 Å². The van der Waals surface area contributed by atoms with Gasteiger partial charge in [-0.05, 0) is 25.0 Å². The minimum Gasteiger partial charge on any atom is -0.397 e. The molecule has 0 atom stereocenters. The molecule has 0 spiro atoms. The van der Waals surface area contributed by atoms with E-state index in [0.29, 0.717) is 17.1 Å². The zero-order chi connectivity index (χ0) is 14.3. The largest absolute Gasteiger partial charge is 0.397 e. The molecule has 0 radical (unpaired) electrons. The minimum atomic E-state index is -0.0589. The highest BCUT2D eigenvalue weighted by molar-refractivity contribution is 9.10. The van der Waals surface area contributed by atoms with Crippen molar-refractivity contribution < 1.29 is 9.90 Å². The number of anilines is 1. The van der Waals surface area contributed by atoms with Gasteiger partial charge in [0, 0.05) is 27.1 Å². The Morgan fingerprint density at radius 2 is 2.25 bits per heavy atom. The number of carbonyl (C=O) groups excluding carboxylic acids is 1. The van der Waals surface area contributed by atoms with Crippen LogP contribution in [0.15, 0.2) is 22.7 Å². The predicted molar refractivity (Wildman–Crippen MR) is 85.1 cm³/mol. The Kier molecular flexibility index (Phi) is 3.70. The van der Waals surface area contributed by atoms with Gasteiger partial charge in [0.05, 0.1) is 12.3 Å². The quantitative estimate of drug-likeness (QED) is 0.886. The maximum absolute atomic E-state index is 12.6. The van der Waals surface area contributed by atoms with Crippen molar-refractivity contribution in [2.45, 2.75) is 18.9 Å². The number of nitrogen functional groups attached to an aromatic ring is 1. The van der Waals surface area contributed by atoms with E-state index in [2.05, 4.69) is 15.9 Å². The molecule has 1 fully saturated rings. The Bertz CT molecular complexity index is 666. The second kappa shape index (κ2) is 5.35. The van der Waals surface area contributed by atoms with Gasteiger partial charge in [0.25, 0.3) is 5.91 Å². The van der Waals surface area contributed by atoms with E-state index in [1.165, 1.54) is 11.3 Å². The monoisotopic (exact) mass is 354 g/mol. The van der Waals surface area contributed by atoms with Crippen LogP contribution < -0.4 is 5.73 Å². The molecule has 6 heteroatoms. The maximum Gasteiger partial charge on any atom is 0.266 e. The molecule has 106 valence electrons. The zero-order valence-corrected chi connectivity index (χ0v) is 13.2. The number of fused-ring (bicyclic) bond motifs is 1. The molecule has 0 bridgehead atoms. The molecule has 3 N–H and O–H groups in total. The summed E-state index contributed by atoms with van der Waals surface area (Å²) in [6.07, 6.45) is 2.03. The van der Waals surface area contributed by atoms with Crippen LogP contribution in [0.2, 0.25) is 0 Å². The number of aliphatic hydroxyl groups excluding tert-OH is 1. The van der Waals surface area contributed by atoms with Crippen molar-refractivity contribution in [3.05, 3.63) is 27.5 Å². The number of aliphatic hydroxyl groups is 1. The number of thiophene rings is 1. The van der Waals surface area contributed by atoms with E-state index in [1.54, 1.807) is 4.90 Å². The molecule has 0 saturated heterocycles. The number of carbonyl (C=O) groups is 1. The van der Waals surface area contributed by atoms with Gasteiger partial charge in [-0.2, -0.15) is 0 Å². The van der Waals surface area contributed by atoms with Crippen LogP contribution in [0.1, 0.15) is 22.5 Å². The third kappa shape index (κ3) is 2.43. The summed E-state index contributed by atoms with van der Waals surface area (Å²) in [5, 5.41) is 10.0. The van der Waals surface area contributed by atoms with E-state index in [9.17, 15) is 4.79 Å². The maximum atomic E-state index is 12.6. The molecular weight excluding hydrogens is 340 g/mol. The van der Waals surface area contributed by atoms with Crippen LogP contribution in [0.25, 0.3) is 10.1 Å². The van der Waals surface area contributed by atoms with Gasteiger partial charge < -0.3 is 15.7 Å². The summed E-state index contributed by atoms with van der Waals surface area (Å²) < 4.78 is 1.97. The van der Waals surface area contributed by atoms with Gasteiger partial charge in [0.2, 0.25) is 0 Å². The van der Waals surface area contributed by atoms with Crippen LogP contribution in [-0.4, -0.2) is 35.1 Å². The Morgan fingerprint density at radius 1 is 1.50 bits per heavy atom. The molecule has 1 heterocycles. The van der Waals surface area contributed by atoms with Crippen LogP contribution in [0.4, 0.5) is 5.69 Å². The fourth-order valence-electron chi connectivity index (χ4n) is 2.32. The van der Waals surface area contributed by atoms with Crippen molar-refractivity contribution in [1.82, 2.24) is 4.90 Å². The minimum absolute atomic E-state index is 0.0153. The molecule has 2 aromatic rings. The summed E-state index contributed by atoms with van der Waals surface area (Å²) in [6.45, 7) is 0.361. The molecule has 1 aromatic heterocycles. The van der Waals surface area contributed by atoms with E-state index >= 15 is 0 Å². The van der Waals surface area contributed by atoms with Gasteiger partial charge in [-0.25, -0.2) is 0 Å². The molecule has 20 heavy (non-hydrogen) atoms. The number of nitrogens with zero attached hydrogens (tertiary/aromatic N) is 1. The van der Waals surface area contributed by atoms with Gasteiger partial charge in [-0.15, -0.1) is 11.3 Å². The van der Waals surface area contributed by atoms with Crippen molar-refractivity contribution in [2.24, 2.45) is 0 Å². The molecule has 1 aliphatic carbocycles. The molecule has 0 aliphatic heterocycles. The average molecular weight is 355 g/mol. The first kappa shape index (κ1) is 13.9. The van der Waals surface area contributed by atoms with Gasteiger partial charge in [-0.3, -0.25) is 4.79 Å². The molecule has 0 unspecified atom stereocenters. The number of hydrogen-bond acceptors (Lipinski definition) is 4. The van der Waals surface area contributed by atoms with Crippen LogP contribution in [0.5, 0.6) is 0 Å². The van der Waals surface area contributed by atoms with E-state index < -0.39 is 0 Å². The van der Waals surface area contributed by atoms with Crippen LogP contribution >= 0.6 is 27.3 Å². The molecular formula is C14H15BrN2O2S. The lowest BCUT2D eigenvalue weighted by Crippen LogP contribution is -2.35. The van der Waals surface area contributed by atoms with Crippen molar-refractivity contribution in [3.63, 3.8) is 0 Å². The molecule has 1 saturated carbocycles. The third-order valence-corrected chi connectivity index (χ3v) is 5.12. The Balaban J connectivity index is 2.00. The van der Waals surface area contributed by atoms with Crippen LogP contribution in [0, 0.1) is 0 Å². The number of nitrogens with two attached hydrogens (primary N) is 1. The summed E-state index contributed by atoms with van der Waals surface area (Å²) in [7, 11) is 0. The molecule has 1 aliphatic rings. The van der Waals surface area contributed by atoms with E-state index in [-0.39, 0.29) is 18.6 Å². The highest BCUT2D eigenvalue weighted by Crippen LogP contribution is 2.37. The van der Waals surface area contributed by atoms with E-state index in [1.807, 2.05) is 18.2 Å². The average Bonchev–Trinajstić information content (AvgIpc) is 3.20. The highest BCUT2D eigenvalue weighted by atomic mass is 79.9. The number of hydrogen-bond donors (Lipinski definition) is 2. The number of benzene rings is 1. The van der Waals surface area contributed by atoms with Crippen molar-refractivity contribution in [1.29, 1.82) is 0 Å². The normalized spacial score (nSPS) is 14.7. The number of halogens is 1. The second-order valence-electron chi connectivity index (χ2n) is 4.94. The first-order valence-corrected chi connectivity index (χ1v) is 8.12. The summed E-state index contributed by atoms with van der Waals surface area (Å²) in [6, 6.07) is 6.09. The van der Waals surface area contributed by atoms with Crippen molar-refractivity contribution in [3.8, 4) is 0 Å². The lowest BCUT2D eigenvalue weighted by Gasteiger charge is -2.20. The number of rotatable bonds is 4. The van der Waals surface area contributed by atoms with E-state index in [4.69, 9.17) is 10.8 Å². The van der Waals surface area contributed by atoms with E-state index in [0.717, 1.165) is 27.4 Å². The zero-order valence-electron chi connectivity index (χ0n) is 10.8. The van der Waals surface area contributed by atoms with Gasteiger partial charge >= 0.3 is 0 Å². The van der Waals surface area contributed by atoms with Crippen LogP contribution in [-0.2, 0) is 0 Å². The predicted octanol–water partition coefficient (Wildman–Crippen LogP) is 2.84. The summed E-state index contributed by atoms with van der Waals surface area (Å²) in [5.41, 5.74) is 6.68. The summed E-state index contributed by atoms with van der Waals surface area (Å²) in [4.78, 5) is 15.0. The SMILES string of the molecule is Nc1c(C(=O)N(CCO)C2CC2)sc2cc(Br)ccc12. The molecule has 1 amide bonds. The fourth-order valence-corrected chi connectivity index (χ4v) is 3.95. The first-order valence-electron chi connectivity index (χ1n) is 6.51. The Morgan fingerprint density at radius 3 is 2.90 bits per heavy atom. The lowest BCUT2D eigenvalue weighted by atomic mass is 10.2. The summed E-state index contributed by atoms with van der Waals surface area (Å²) in [5.74, 6) is -0.0589. The summed E-state index contributed by atoms with van der Waals surface area (Å²) >= 11 is 4.85. The van der Waals surface area contributed by atoms with Gasteiger partial charge in [0.1, 0.15) is 4.88 Å². The Hall–Kier alpha value is -1.11. The lowest BCUT2D eigenvalue weighted by molar-refractivity contribution is 0.0713. The molecule has 1 aromatic carbocycles. The third-order valence-electron chi connectivity index (χ3n) is 3.47. The topological polar surface area (TPSA) is 66.6 Å². The fraction of sp³-hybridized carbons (Fsp3) is 0.357. The second-order valence-corrected chi connectivity index (χ2v) is 6.91. The van der Waals surface area contributed by atoms with Crippen molar-refractivity contribution in [2.75, 3.05) is 18.9 Å². The standard InChI is InChI=1S/C14H15BrN2O2S/c15-8-1-4-10-11(7-8)20-13(12(10)16)14(19)17(5-6-18)9-2-3-9/h1,4,7,9,18H,2-3,5-6,16H2. The smallest absolute Gasteiger partial charge is 0.266 e.